The molecule has 0 aliphatic carbocycles. The van der Waals surface area contributed by atoms with E-state index in [9.17, 15) is 9.59 Å². The molecule has 0 saturated carbocycles. The number of amides is 2. The first-order chi connectivity index (χ1) is 19.9. The van der Waals surface area contributed by atoms with Gasteiger partial charge in [0.05, 0.1) is 38.0 Å². The quantitative estimate of drug-likeness (QED) is 0.510. The van der Waals surface area contributed by atoms with Crippen molar-refractivity contribution >= 4 is 29.4 Å². The summed E-state index contributed by atoms with van der Waals surface area (Å²) in [7, 11) is 5.16. The van der Waals surface area contributed by atoms with Crippen LogP contribution in [0.5, 0.6) is 11.9 Å². The largest absolute Gasteiger partial charge is 0.481 e. The van der Waals surface area contributed by atoms with Crippen LogP contribution < -0.4 is 14.4 Å². The molecular formula is C29H42ClN7O5. The monoisotopic (exact) mass is 603 g/mol. The lowest BCUT2D eigenvalue weighted by atomic mass is 10.1. The van der Waals surface area contributed by atoms with Crippen LogP contribution in [0.3, 0.4) is 0 Å². The first-order valence-corrected chi connectivity index (χ1v) is 14.6. The molecule has 1 atom stereocenters. The van der Waals surface area contributed by atoms with Crippen LogP contribution in [0.25, 0.3) is 0 Å². The number of aromatic nitrogens is 3. The van der Waals surface area contributed by atoms with Crippen molar-refractivity contribution in [2.45, 2.75) is 65.3 Å². The van der Waals surface area contributed by atoms with Gasteiger partial charge in [0.2, 0.25) is 5.88 Å². The second-order valence-electron chi connectivity index (χ2n) is 11.8. The number of piperazine rings is 1. The van der Waals surface area contributed by atoms with Gasteiger partial charge in [-0.2, -0.15) is 9.97 Å². The zero-order chi connectivity index (χ0) is 30.6. The summed E-state index contributed by atoms with van der Waals surface area (Å²) in [5.41, 5.74) is 1.09. The van der Waals surface area contributed by atoms with Gasteiger partial charge in [0.25, 0.3) is 5.91 Å². The fourth-order valence-corrected chi connectivity index (χ4v) is 5.35. The van der Waals surface area contributed by atoms with Crippen molar-refractivity contribution in [3.05, 3.63) is 34.1 Å². The molecular weight excluding hydrogens is 562 g/mol. The van der Waals surface area contributed by atoms with Crippen molar-refractivity contribution in [3.63, 3.8) is 0 Å². The highest BCUT2D eigenvalue weighted by atomic mass is 35.5. The lowest BCUT2D eigenvalue weighted by Crippen LogP contribution is -2.55. The van der Waals surface area contributed by atoms with E-state index in [1.54, 1.807) is 21.9 Å². The molecule has 0 aromatic carbocycles. The molecule has 5 rings (SSSR count). The number of likely N-dealkylation sites (tertiary alicyclic amines) is 1. The Hall–Kier alpha value is -3.38. The van der Waals surface area contributed by atoms with Gasteiger partial charge < -0.3 is 33.8 Å². The van der Waals surface area contributed by atoms with Crippen molar-refractivity contribution in [1.82, 2.24) is 29.7 Å². The molecule has 13 heteroatoms. The number of methoxy groups -OCH3 is 2. The minimum atomic E-state index is -0.561. The van der Waals surface area contributed by atoms with E-state index in [1.807, 2.05) is 27.7 Å². The minimum absolute atomic E-state index is 0.0470. The zero-order valence-electron chi connectivity index (χ0n) is 25.6. The molecule has 42 heavy (non-hydrogen) atoms. The molecule has 0 N–H and O–H groups in total. The summed E-state index contributed by atoms with van der Waals surface area (Å²) in [6.07, 6.45) is 2.49. The van der Waals surface area contributed by atoms with Crippen LogP contribution in [-0.2, 0) is 17.8 Å². The van der Waals surface area contributed by atoms with E-state index in [0.717, 1.165) is 5.56 Å². The summed E-state index contributed by atoms with van der Waals surface area (Å²) in [5.74, 6) is 0.663. The Kier molecular flexibility index (Phi) is 9.98. The number of carbonyl (C=O) groups is 2. The normalized spacial score (nSPS) is 18.8. The van der Waals surface area contributed by atoms with Gasteiger partial charge in [-0.25, -0.2) is 9.78 Å². The zero-order valence-corrected chi connectivity index (χ0v) is 26.4. The van der Waals surface area contributed by atoms with Crippen molar-refractivity contribution in [3.8, 4) is 11.9 Å². The smallest absolute Gasteiger partial charge is 0.410 e. The summed E-state index contributed by atoms with van der Waals surface area (Å²) in [6.45, 7) is 12.3. The Bertz CT molecular complexity index is 1280. The van der Waals surface area contributed by atoms with E-state index in [-0.39, 0.29) is 41.3 Å². The van der Waals surface area contributed by atoms with Crippen molar-refractivity contribution in [1.29, 1.82) is 0 Å². The molecule has 230 valence electrons. The predicted molar refractivity (Wildman–Crippen MR) is 159 cm³/mol. The van der Waals surface area contributed by atoms with Gasteiger partial charge in [0.1, 0.15) is 11.4 Å². The molecule has 2 aromatic heterocycles. The summed E-state index contributed by atoms with van der Waals surface area (Å²) in [5, 5.41) is 0.243. The highest BCUT2D eigenvalue weighted by molar-refractivity contribution is 6.33. The lowest BCUT2D eigenvalue weighted by Gasteiger charge is -2.41. The molecule has 1 unspecified atom stereocenters. The first kappa shape index (κ1) is 31.6. The number of hydrogen-bond donors (Lipinski definition) is 0. The fourth-order valence-electron chi connectivity index (χ4n) is 5.17. The third-order valence-electron chi connectivity index (χ3n) is 7.32. The number of carbonyl (C=O) groups excluding carboxylic acids is 2. The molecule has 2 amide bonds. The summed E-state index contributed by atoms with van der Waals surface area (Å²) < 4.78 is 16.1. The summed E-state index contributed by atoms with van der Waals surface area (Å²) in [6, 6.07) is 3.36. The van der Waals surface area contributed by atoms with Crippen LogP contribution in [0.15, 0.2) is 12.1 Å². The number of nitrogens with zero attached hydrogens (tertiary/aromatic N) is 7. The minimum Gasteiger partial charge on any atom is -0.481 e. The van der Waals surface area contributed by atoms with E-state index >= 15 is 0 Å². The maximum Gasteiger partial charge on any atom is 0.410 e. The van der Waals surface area contributed by atoms with E-state index in [2.05, 4.69) is 31.8 Å². The molecule has 3 aliphatic heterocycles. The molecule has 2 saturated heterocycles. The lowest BCUT2D eigenvalue weighted by molar-refractivity contribution is 0.0218. The Balaban J connectivity index is 0.000000600. The summed E-state index contributed by atoms with van der Waals surface area (Å²) in [4.78, 5) is 47.1. The number of rotatable bonds is 4. The second kappa shape index (κ2) is 13.3. The van der Waals surface area contributed by atoms with Crippen LogP contribution in [0.1, 0.15) is 62.3 Å². The van der Waals surface area contributed by atoms with Crippen LogP contribution in [-0.4, -0.2) is 107 Å². The van der Waals surface area contributed by atoms with Crippen LogP contribution in [0, 0.1) is 0 Å². The third-order valence-corrected chi connectivity index (χ3v) is 7.63. The number of anilines is 1. The van der Waals surface area contributed by atoms with Crippen molar-refractivity contribution < 1.29 is 23.8 Å². The Morgan fingerprint density at radius 2 is 1.67 bits per heavy atom. The molecule has 0 radical (unpaired) electrons. The van der Waals surface area contributed by atoms with Crippen LogP contribution >= 0.6 is 11.6 Å². The first-order valence-electron chi connectivity index (χ1n) is 14.3. The Morgan fingerprint density at radius 3 is 2.24 bits per heavy atom. The van der Waals surface area contributed by atoms with Crippen molar-refractivity contribution in [2.24, 2.45) is 0 Å². The average molecular weight is 604 g/mol. The van der Waals surface area contributed by atoms with Gasteiger partial charge in [0, 0.05) is 37.3 Å². The van der Waals surface area contributed by atoms with Crippen molar-refractivity contribution in [2.75, 3.05) is 58.9 Å². The van der Waals surface area contributed by atoms with Crippen LogP contribution in [0.2, 0.25) is 5.02 Å². The molecule has 0 spiro atoms. The van der Waals surface area contributed by atoms with Gasteiger partial charge in [0.15, 0.2) is 5.69 Å². The number of halogens is 1. The topological polar surface area (TPSA) is 113 Å². The van der Waals surface area contributed by atoms with E-state index in [4.69, 9.17) is 25.8 Å². The fraction of sp³-hybridized carbons (Fsp3) is 0.621. The molecule has 0 bridgehead atoms. The van der Waals surface area contributed by atoms with E-state index in [1.165, 1.54) is 40.2 Å². The SMILES string of the molecule is CN1CCCC1.COc1ccc(Cl)c(C(=O)N2Cc3nc(OC)nc(N4CCN(C(=O)OC(C)(C)C)CC4C)c3C2)n1. The Morgan fingerprint density at radius 1 is 0.952 bits per heavy atom. The average Bonchev–Trinajstić information content (AvgIpc) is 3.61. The van der Waals surface area contributed by atoms with Gasteiger partial charge >= 0.3 is 12.1 Å². The second-order valence-corrected chi connectivity index (χ2v) is 12.2. The standard InChI is InChI=1S/C24H31ClN6O5.C5H11N/c1-14-11-29(23(33)36-24(2,3)4)9-10-31(14)20-15-12-30(13-17(15)26-22(28-20)35-6)21(32)19-16(25)7-8-18(27-19)34-5;1-6-4-2-3-5-6/h7-8,14H,9-13H2,1-6H3;2-5H2,1H3. The highest BCUT2D eigenvalue weighted by Crippen LogP contribution is 2.34. The maximum atomic E-state index is 13.3. The maximum absolute atomic E-state index is 13.3. The Labute approximate surface area is 252 Å². The van der Waals surface area contributed by atoms with Gasteiger partial charge in [-0.05, 0) is 66.7 Å². The van der Waals surface area contributed by atoms with E-state index in [0.29, 0.717) is 43.6 Å². The predicted octanol–water partition coefficient (Wildman–Crippen LogP) is 3.86. The summed E-state index contributed by atoms with van der Waals surface area (Å²) >= 11 is 6.27. The molecule has 2 aromatic rings. The van der Waals surface area contributed by atoms with Gasteiger partial charge in [-0.1, -0.05) is 11.6 Å². The third kappa shape index (κ3) is 7.52. The number of ether oxygens (including phenoxy) is 3. The van der Waals surface area contributed by atoms with E-state index < -0.39 is 5.60 Å². The van der Waals surface area contributed by atoms with Crippen LogP contribution in [0.4, 0.5) is 10.6 Å². The van der Waals surface area contributed by atoms with Gasteiger partial charge in [-0.15, -0.1) is 0 Å². The molecule has 2 fully saturated rings. The number of pyridine rings is 1. The molecule has 5 heterocycles. The number of hydrogen-bond acceptors (Lipinski definition) is 10. The molecule has 3 aliphatic rings. The highest BCUT2D eigenvalue weighted by Gasteiger charge is 2.36. The number of fused-ring (bicyclic) bond motifs is 1. The van der Waals surface area contributed by atoms with Gasteiger partial charge in [-0.3, -0.25) is 4.79 Å². The molecule has 12 nitrogen and oxygen atoms in total.